The van der Waals surface area contributed by atoms with E-state index in [4.69, 9.17) is 15.3 Å². The van der Waals surface area contributed by atoms with Crippen LogP contribution in [0.3, 0.4) is 0 Å². The standard InChI is InChI=1S/C13H16N4O2/c1-3-9-6-4-5-7-10(9)19-13-11(18-2)12(17-14)15-8-16-13/h4-8H,3,14H2,1-2H3,(H,15,16,17). The molecule has 1 aromatic heterocycles. The lowest BCUT2D eigenvalue weighted by Crippen LogP contribution is -2.11. The summed E-state index contributed by atoms with van der Waals surface area (Å²) in [7, 11) is 1.51. The van der Waals surface area contributed by atoms with Crippen LogP contribution in [-0.4, -0.2) is 17.1 Å². The number of aryl methyl sites for hydroxylation is 1. The predicted octanol–water partition coefficient (Wildman–Crippen LogP) is 2.13. The number of ether oxygens (including phenoxy) is 2. The lowest BCUT2D eigenvalue weighted by atomic mass is 10.1. The molecular formula is C13H16N4O2. The third-order valence-corrected chi connectivity index (χ3v) is 2.67. The van der Waals surface area contributed by atoms with E-state index < -0.39 is 0 Å². The van der Waals surface area contributed by atoms with Crippen LogP contribution < -0.4 is 20.7 Å². The number of hydrogen-bond donors (Lipinski definition) is 2. The molecule has 1 heterocycles. The Morgan fingerprint density at radius 1 is 1.26 bits per heavy atom. The Bertz CT molecular complexity index is 560. The number of nitrogen functional groups attached to an aromatic ring is 1. The third kappa shape index (κ3) is 2.74. The maximum Gasteiger partial charge on any atom is 0.268 e. The molecule has 100 valence electrons. The molecule has 0 bridgehead atoms. The minimum absolute atomic E-state index is 0.325. The molecule has 0 aliphatic rings. The summed E-state index contributed by atoms with van der Waals surface area (Å²) in [4.78, 5) is 8.04. The van der Waals surface area contributed by atoms with Gasteiger partial charge in [0, 0.05) is 0 Å². The van der Waals surface area contributed by atoms with E-state index in [9.17, 15) is 0 Å². The van der Waals surface area contributed by atoms with Crippen LogP contribution in [0.25, 0.3) is 0 Å². The molecule has 0 spiro atoms. The zero-order chi connectivity index (χ0) is 13.7. The van der Waals surface area contributed by atoms with E-state index in [1.807, 2.05) is 24.3 Å². The number of nitrogens with one attached hydrogen (secondary N) is 1. The van der Waals surface area contributed by atoms with Crippen LogP contribution >= 0.6 is 0 Å². The quantitative estimate of drug-likeness (QED) is 0.633. The Balaban J connectivity index is 2.38. The third-order valence-electron chi connectivity index (χ3n) is 2.67. The van der Waals surface area contributed by atoms with Gasteiger partial charge in [0.25, 0.3) is 5.88 Å². The lowest BCUT2D eigenvalue weighted by molar-refractivity contribution is 0.367. The average molecular weight is 260 g/mol. The monoisotopic (exact) mass is 260 g/mol. The highest BCUT2D eigenvalue weighted by Crippen LogP contribution is 2.34. The average Bonchev–Trinajstić information content (AvgIpc) is 2.47. The number of benzene rings is 1. The molecule has 2 rings (SSSR count). The van der Waals surface area contributed by atoms with Gasteiger partial charge in [-0.3, -0.25) is 0 Å². The molecule has 0 amide bonds. The van der Waals surface area contributed by atoms with E-state index >= 15 is 0 Å². The van der Waals surface area contributed by atoms with Crippen LogP contribution in [0.2, 0.25) is 0 Å². The number of nitrogens with two attached hydrogens (primary N) is 1. The van der Waals surface area contributed by atoms with Crippen molar-refractivity contribution >= 4 is 5.82 Å². The first kappa shape index (κ1) is 13.1. The van der Waals surface area contributed by atoms with Crippen molar-refractivity contribution in [1.82, 2.24) is 9.97 Å². The number of methoxy groups -OCH3 is 1. The SMILES string of the molecule is CCc1ccccc1Oc1ncnc(NN)c1OC. The van der Waals surface area contributed by atoms with Crippen LogP contribution in [0, 0.1) is 0 Å². The molecule has 0 aliphatic heterocycles. The van der Waals surface area contributed by atoms with E-state index in [0.717, 1.165) is 17.7 Å². The van der Waals surface area contributed by atoms with Gasteiger partial charge in [0.1, 0.15) is 12.1 Å². The van der Waals surface area contributed by atoms with E-state index in [1.165, 1.54) is 13.4 Å². The minimum Gasteiger partial charge on any atom is -0.489 e. The number of para-hydroxylation sites is 1. The van der Waals surface area contributed by atoms with Crippen molar-refractivity contribution in [1.29, 1.82) is 0 Å². The van der Waals surface area contributed by atoms with E-state index in [0.29, 0.717) is 17.4 Å². The summed E-state index contributed by atoms with van der Waals surface area (Å²) < 4.78 is 11.0. The second-order valence-electron chi connectivity index (χ2n) is 3.77. The number of nitrogens with zero attached hydrogens (tertiary/aromatic N) is 2. The van der Waals surface area contributed by atoms with Crippen molar-refractivity contribution in [2.24, 2.45) is 5.84 Å². The zero-order valence-electron chi connectivity index (χ0n) is 10.9. The number of anilines is 1. The molecule has 0 unspecified atom stereocenters. The molecule has 2 aromatic rings. The maximum atomic E-state index is 5.79. The van der Waals surface area contributed by atoms with Crippen LogP contribution in [-0.2, 0) is 6.42 Å². The summed E-state index contributed by atoms with van der Waals surface area (Å²) in [5, 5.41) is 0. The molecule has 0 atom stereocenters. The Labute approximate surface area is 111 Å². The second-order valence-corrected chi connectivity index (χ2v) is 3.77. The van der Waals surface area contributed by atoms with Gasteiger partial charge >= 0.3 is 0 Å². The second kappa shape index (κ2) is 6.01. The lowest BCUT2D eigenvalue weighted by Gasteiger charge is -2.13. The summed E-state index contributed by atoms with van der Waals surface area (Å²) in [5.74, 6) is 7.18. The number of hydrazine groups is 1. The highest BCUT2D eigenvalue weighted by molar-refractivity contribution is 5.55. The number of hydrogen-bond acceptors (Lipinski definition) is 6. The van der Waals surface area contributed by atoms with Gasteiger partial charge in [-0.2, -0.15) is 4.98 Å². The van der Waals surface area contributed by atoms with Crippen molar-refractivity contribution in [3.63, 3.8) is 0 Å². The van der Waals surface area contributed by atoms with Gasteiger partial charge in [-0.1, -0.05) is 25.1 Å². The molecule has 0 saturated heterocycles. The van der Waals surface area contributed by atoms with Gasteiger partial charge in [0.05, 0.1) is 7.11 Å². The highest BCUT2D eigenvalue weighted by Gasteiger charge is 2.14. The maximum absolute atomic E-state index is 5.79. The summed E-state index contributed by atoms with van der Waals surface area (Å²) in [5.41, 5.74) is 3.53. The minimum atomic E-state index is 0.325. The molecule has 0 fully saturated rings. The molecule has 1 aromatic carbocycles. The van der Waals surface area contributed by atoms with Gasteiger partial charge in [-0.15, -0.1) is 0 Å². The Morgan fingerprint density at radius 3 is 2.74 bits per heavy atom. The van der Waals surface area contributed by atoms with Crippen molar-refractivity contribution in [2.45, 2.75) is 13.3 Å². The van der Waals surface area contributed by atoms with E-state index in [2.05, 4.69) is 22.3 Å². The summed E-state index contributed by atoms with van der Waals surface area (Å²) >= 11 is 0. The van der Waals surface area contributed by atoms with Gasteiger partial charge < -0.3 is 14.9 Å². The van der Waals surface area contributed by atoms with Gasteiger partial charge in [-0.05, 0) is 18.1 Å². The smallest absolute Gasteiger partial charge is 0.268 e. The molecule has 0 saturated carbocycles. The Hall–Kier alpha value is -2.34. The van der Waals surface area contributed by atoms with Crippen molar-refractivity contribution in [2.75, 3.05) is 12.5 Å². The van der Waals surface area contributed by atoms with E-state index in [1.54, 1.807) is 0 Å². The molecular weight excluding hydrogens is 244 g/mol. The normalized spacial score (nSPS) is 10.1. The van der Waals surface area contributed by atoms with Crippen LogP contribution in [0.15, 0.2) is 30.6 Å². The molecule has 6 heteroatoms. The molecule has 6 nitrogen and oxygen atoms in total. The summed E-state index contributed by atoms with van der Waals surface area (Å²) in [6.07, 6.45) is 2.23. The Morgan fingerprint density at radius 2 is 2.05 bits per heavy atom. The van der Waals surface area contributed by atoms with Gasteiger partial charge in [0.15, 0.2) is 5.82 Å². The zero-order valence-corrected chi connectivity index (χ0v) is 10.9. The molecule has 3 N–H and O–H groups in total. The highest BCUT2D eigenvalue weighted by atomic mass is 16.5. The van der Waals surface area contributed by atoms with Gasteiger partial charge in [0.2, 0.25) is 5.75 Å². The van der Waals surface area contributed by atoms with Crippen LogP contribution in [0.5, 0.6) is 17.4 Å². The molecule has 0 aliphatic carbocycles. The first-order valence-corrected chi connectivity index (χ1v) is 5.91. The van der Waals surface area contributed by atoms with Gasteiger partial charge in [-0.25, -0.2) is 10.8 Å². The summed E-state index contributed by atoms with van der Waals surface area (Å²) in [6, 6.07) is 7.76. The van der Waals surface area contributed by atoms with Crippen molar-refractivity contribution < 1.29 is 9.47 Å². The number of aromatic nitrogens is 2. The first-order valence-electron chi connectivity index (χ1n) is 5.91. The van der Waals surface area contributed by atoms with Crippen molar-refractivity contribution in [3.8, 4) is 17.4 Å². The fourth-order valence-corrected chi connectivity index (χ4v) is 1.72. The van der Waals surface area contributed by atoms with Crippen LogP contribution in [0.4, 0.5) is 5.82 Å². The predicted molar refractivity (Wildman–Crippen MR) is 72.3 cm³/mol. The molecule has 0 radical (unpaired) electrons. The van der Waals surface area contributed by atoms with Crippen molar-refractivity contribution in [3.05, 3.63) is 36.2 Å². The largest absolute Gasteiger partial charge is 0.489 e. The first-order chi connectivity index (χ1) is 9.30. The molecule has 19 heavy (non-hydrogen) atoms. The fourth-order valence-electron chi connectivity index (χ4n) is 1.72. The van der Waals surface area contributed by atoms with E-state index in [-0.39, 0.29) is 0 Å². The fraction of sp³-hybridized carbons (Fsp3) is 0.231. The summed E-state index contributed by atoms with van der Waals surface area (Å²) in [6.45, 7) is 2.06. The topological polar surface area (TPSA) is 82.3 Å². The van der Waals surface area contributed by atoms with Crippen LogP contribution in [0.1, 0.15) is 12.5 Å². The Kier molecular flexibility index (Phi) is 4.15. The number of rotatable bonds is 5.